The van der Waals surface area contributed by atoms with Gasteiger partial charge in [0.2, 0.25) is 0 Å². The number of nitrogens with zero attached hydrogens (tertiary/aromatic N) is 2. The van der Waals surface area contributed by atoms with E-state index in [2.05, 4.69) is 228 Å². The van der Waals surface area contributed by atoms with Crippen molar-refractivity contribution in [2.45, 2.75) is 5.41 Å². The van der Waals surface area contributed by atoms with Gasteiger partial charge in [0.1, 0.15) is 0 Å². The van der Waals surface area contributed by atoms with Crippen molar-refractivity contribution in [3.05, 3.63) is 241 Å². The van der Waals surface area contributed by atoms with Crippen molar-refractivity contribution in [2.75, 3.05) is 4.90 Å². The van der Waals surface area contributed by atoms with Gasteiger partial charge in [-0.2, -0.15) is 0 Å². The van der Waals surface area contributed by atoms with Crippen LogP contribution in [-0.2, 0) is 5.41 Å². The zero-order valence-corrected chi connectivity index (χ0v) is 34.4. The van der Waals surface area contributed by atoms with Crippen LogP contribution in [0.5, 0.6) is 0 Å². The van der Waals surface area contributed by atoms with Crippen LogP contribution >= 0.6 is 11.3 Å². The maximum Gasteiger partial charge on any atom is 0.0725 e. The lowest BCUT2D eigenvalue weighted by molar-refractivity contribution is 0.773. The second kappa shape index (κ2) is 12.7. The molecule has 1 spiro atoms. The quantitative estimate of drug-likeness (QED) is 0.172. The summed E-state index contributed by atoms with van der Waals surface area (Å²) in [5, 5.41) is 7.63. The molecule has 0 bridgehead atoms. The fraction of sp³-hybridized carbons (Fsp3) is 0.0169. The predicted molar refractivity (Wildman–Crippen MR) is 262 cm³/mol. The van der Waals surface area contributed by atoms with E-state index in [1.165, 1.54) is 97.3 Å². The summed E-state index contributed by atoms with van der Waals surface area (Å²) in [4.78, 5) is 2.52. The molecule has 2 aliphatic rings. The monoisotopic (exact) mass is 804 g/mol. The molecular weight excluding hydrogens is 769 g/mol. The molecule has 0 amide bonds. The van der Waals surface area contributed by atoms with Gasteiger partial charge in [0.25, 0.3) is 0 Å². The molecular formula is C59H36N2S. The first kappa shape index (κ1) is 34.0. The van der Waals surface area contributed by atoms with Gasteiger partial charge in [0, 0.05) is 53.4 Å². The fourth-order valence-corrected chi connectivity index (χ4v) is 12.5. The van der Waals surface area contributed by atoms with Crippen LogP contribution in [0.3, 0.4) is 0 Å². The van der Waals surface area contributed by atoms with Gasteiger partial charge in [-0.25, -0.2) is 0 Å². The molecule has 0 atom stereocenters. The number of hydrogen-bond acceptors (Lipinski definition) is 2. The van der Waals surface area contributed by atoms with Crippen molar-refractivity contribution in [2.24, 2.45) is 0 Å². The van der Waals surface area contributed by atoms with E-state index < -0.39 is 5.41 Å². The zero-order valence-electron chi connectivity index (χ0n) is 33.6. The Morgan fingerprint density at radius 3 is 1.66 bits per heavy atom. The van der Waals surface area contributed by atoms with Gasteiger partial charge in [0.15, 0.2) is 0 Å². The van der Waals surface area contributed by atoms with E-state index in [4.69, 9.17) is 0 Å². The first-order valence-corrected chi connectivity index (χ1v) is 22.2. The summed E-state index contributed by atoms with van der Waals surface area (Å²) in [7, 11) is 0. The van der Waals surface area contributed by atoms with Crippen LogP contribution in [0.25, 0.3) is 80.7 Å². The molecule has 0 radical (unpaired) electrons. The molecule has 0 fully saturated rings. The lowest BCUT2D eigenvalue weighted by Crippen LogP contribution is -2.31. The minimum atomic E-state index is -0.467. The minimum Gasteiger partial charge on any atom is -0.310 e. The Morgan fingerprint density at radius 2 is 0.903 bits per heavy atom. The van der Waals surface area contributed by atoms with E-state index in [9.17, 15) is 0 Å². The highest BCUT2D eigenvalue weighted by Gasteiger charge is 2.50. The maximum absolute atomic E-state index is 2.52. The molecule has 0 unspecified atom stereocenters. The number of fused-ring (bicyclic) bond motifs is 15. The molecule has 0 saturated carbocycles. The van der Waals surface area contributed by atoms with Crippen LogP contribution in [-0.4, -0.2) is 4.57 Å². The Morgan fingerprint density at radius 1 is 0.355 bits per heavy atom. The van der Waals surface area contributed by atoms with Gasteiger partial charge >= 0.3 is 0 Å². The summed E-state index contributed by atoms with van der Waals surface area (Å²) in [5.74, 6) is 0. The van der Waals surface area contributed by atoms with Crippen LogP contribution in [0.2, 0.25) is 0 Å². The molecule has 2 heterocycles. The summed E-state index contributed by atoms with van der Waals surface area (Å²) >= 11 is 1.87. The highest BCUT2D eigenvalue weighted by molar-refractivity contribution is 7.25. The predicted octanol–water partition coefficient (Wildman–Crippen LogP) is 16.1. The van der Waals surface area contributed by atoms with E-state index in [0.717, 1.165) is 22.7 Å². The molecule has 2 nitrogen and oxygen atoms in total. The van der Waals surface area contributed by atoms with Crippen molar-refractivity contribution in [3.8, 4) is 27.9 Å². The number of para-hydroxylation sites is 2. The topological polar surface area (TPSA) is 8.17 Å². The summed E-state index contributed by atoms with van der Waals surface area (Å²) in [6.07, 6.45) is 0. The standard InChI is InChI=1S/C59H36N2S/c1-2-15-37(16-3-1)61-53-27-12-7-20-43(53)44-31-29-38(35-55(44)61)60(39-30-32-46-45-21-8-13-28-56(45)62-57(46)36-39)54-34-33-47-42-19-6-11-25-51(42)59(52-26-14-22-48(54)58(47)52)49-23-9-4-17-40(49)41-18-5-10-24-50(41)59/h1-36H. The van der Waals surface area contributed by atoms with E-state index in [-0.39, 0.29) is 0 Å². The highest BCUT2D eigenvalue weighted by atomic mass is 32.1. The number of thiophene rings is 1. The first-order chi connectivity index (χ1) is 30.8. The molecule has 0 aliphatic heterocycles. The number of anilines is 3. The van der Waals surface area contributed by atoms with Crippen molar-refractivity contribution in [1.82, 2.24) is 4.57 Å². The Kier molecular flexibility index (Phi) is 6.95. The molecule has 14 rings (SSSR count). The van der Waals surface area contributed by atoms with Crippen LogP contribution in [0.15, 0.2) is 218 Å². The highest BCUT2D eigenvalue weighted by Crippen LogP contribution is 2.62. The lowest BCUT2D eigenvalue weighted by Gasteiger charge is -2.40. The molecule has 288 valence electrons. The van der Waals surface area contributed by atoms with Gasteiger partial charge in [0.05, 0.1) is 22.1 Å². The normalized spacial score (nSPS) is 13.3. The van der Waals surface area contributed by atoms with E-state index in [0.29, 0.717) is 0 Å². The smallest absolute Gasteiger partial charge is 0.0725 e. The van der Waals surface area contributed by atoms with Crippen molar-refractivity contribution >= 4 is 81.1 Å². The number of aromatic nitrogens is 1. The largest absolute Gasteiger partial charge is 0.310 e. The van der Waals surface area contributed by atoms with Crippen LogP contribution < -0.4 is 4.90 Å². The summed E-state index contributed by atoms with van der Waals surface area (Å²) in [5.41, 5.74) is 17.0. The second-order valence-electron chi connectivity index (χ2n) is 16.8. The number of hydrogen-bond donors (Lipinski definition) is 0. The van der Waals surface area contributed by atoms with E-state index >= 15 is 0 Å². The van der Waals surface area contributed by atoms with Gasteiger partial charge in [-0.3, -0.25) is 0 Å². The zero-order chi connectivity index (χ0) is 40.5. The maximum atomic E-state index is 2.52. The molecule has 12 aromatic rings. The fourth-order valence-electron chi connectivity index (χ4n) is 11.4. The van der Waals surface area contributed by atoms with E-state index in [1.807, 2.05) is 11.3 Å². The summed E-state index contributed by atoms with van der Waals surface area (Å²) in [6.45, 7) is 0. The van der Waals surface area contributed by atoms with Gasteiger partial charge in [-0.05, 0) is 104 Å². The first-order valence-electron chi connectivity index (χ1n) is 21.4. The Labute approximate surface area is 362 Å². The Bertz CT molecular complexity index is 3790. The van der Waals surface area contributed by atoms with Crippen LogP contribution in [0, 0.1) is 0 Å². The van der Waals surface area contributed by atoms with Crippen LogP contribution in [0.4, 0.5) is 17.1 Å². The second-order valence-corrected chi connectivity index (χ2v) is 17.8. The summed E-state index contributed by atoms with van der Waals surface area (Å²) < 4.78 is 5.01. The SMILES string of the molecule is c1ccc(-n2c3ccccc3c3ccc(N(c4ccc5c(c4)sc4ccccc45)c4ccc5c6c(cccc46)C4(c6ccccc6-c6ccccc64)c4ccccc4-5)cc32)cc1. The average molecular weight is 805 g/mol. The van der Waals surface area contributed by atoms with Gasteiger partial charge in [-0.15, -0.1) is 11.3 Å². The number of rotatable bonds is 4. The molecule has 0 N–H and O–H groups in total. The minimum absolute atomic E-state index is 0.467. The van der Waals surface area contributed by atoms with Gasteiger partial charge in [-0.1, -0.05) is 164 Å². The molecule has 62 heavy (non-hydrogen) atoms. The van der Waals surface area contributed by atoms with Crippen LogP contribution in [0.1, 0.15) is 22.3 Å². The number of benzene rings is 10. The van der Waals surface area contributed by atoms with E-state index in [1.54, 1.807) is 0 Å². The molecule has 2 aliphatic carbocycles. The summed E-state index contributed by atoms with van der Waals surface area (Å²) in [6, 6.07) is 81.7. The van der Waals surface area contributed by atoms with Crippen molar-refractivity contribution < 1.29 is 0 Å². The lowest BCUT2D eigenvalue weighted by atomic mass is 9.61. The Hall–Kier alpha value is -7.72. The Balaban J connectivity index is 1.09. The average Bonchev–Trinajstić information content (AvgIpc) is 3.97. The molecule has 2 aromatic heterocycles. The molecule has 0 saturated heterocycles. The van der Waals surface area contributed by atoms with Gasteiger partial charge < -0.3 is 9.47 Å². The third-order valence-electron chi connectivity index (χ3n) is 13.8. The van der Waals surface area contributed by atoms with Crippen molar-refractivity contribution in [1.29, 1.82) is 0 Å². The van der Waals surface area contributed by atoms with Crippen molar-refractivity contribution in [3.63, 3.8) is 0 Å². The third-order valence-corrected chi connectivity index (χ3v) is 14.9. The third kappa shape index (κ3) is 4.42. The molecule has 10 aromatic carbocycles. The molecule has 3 heteroatoms.